The summed E-state index contributed by atoms with van der Waals surface area (Å²) in [6, 6.07) is 0. The van der Waals surface area contributed by atoms with Gasteiger partial charge in [0.2, 0.25) is 1.43 Å². The summed E-state index contributed by atoms with van der Waals surface area (Å²) < 4.78 is 10.5. The van der Waals surface area contributed by atoms with E-state index in [0.717, 1.165) is 12.0 Å². The molecule has 3 heteroatoms. The molecule has 0 spiro atoms. The van der Waals surface area contributed by atoms with E-state index in [4.69, 9.17) is 1.43 Å². The number of hydrogen-bond acceptors (Lipinski definition) is 2. The summed E-state index contributed by atoms with van der Waals surface area (Å²) in [7, 11) is 0. The van der Waals surface area contributed by atoms with Crippen molar-refractivity contribution in [2.75, 3.05) is 0 Å². The third kappa shape index (κ3) is 5.04. The van der Waals surface area contributed by atoms with E-state index >= 15 is 0 Å². The second-order valence-electron chi connectivity index (χ2n) is 0.639. The van der Waals surface area contributed by atoms with E-state index in [2.05, 4.69) is 27.1 Å². The van der Waals surface area contributed by atoms with E-state index in [1.54, 1.807) is 0 Å². The Morgan fingerprint density at radius 3 is 3.00 bits per heavy atom. The van der Waals surface area contributed by atoms with E-state index in [1.807, 2.05) is 6.92 Å². The Kier molecular flexibility index (Phi) is 2.72. The van der Waals surface area contributed by atoms with Gasteiger partial charge in [0, 0.05) is 12.0 Å². The lowest BCUT2D eigenvalue weighted by atomic mass is 11.0. The fraction of sp³-hybridized carbons (Fsp3) is 1.00. The average molecular weight is 206 g/mol. The highest BCUT2D eigenvalue weighted by Crippen LogP contribution is 2.10. The van der Waals surface area contributed by atoms with Crippen LogP contribution in [0.4, 0.5) is 0 Å². The van der Waals surface area contributed by atoms with Crippen molar-refractivity contribution in [1.29, 1.82) is 1.43 Å². The average Bonchev–Trinajstić information content (AvgIpc) is 1.35. The molecule has 32 valence electrons. The lowest BCUT2D eigenvalue weighted by Gasteiger charge is -1.86. The second kappa shape index (κ2) is 3.24. The molecule has 0 heterocycles. The molecule has 0 amide bonds. The zero-order valence-electron chi connectivity index (χ0n) is 3.77. The highest BCUT2D eigenvalue weighted by atomic mass is 127. The Morgan fingerprint density at radius 1 is 2.40 bits per heavy atom. The maximum absolute atomic E-state index is 6.19. The topological polar surface area (TPSA) is 20.2 Å². The number of hydrogen-bond donors (Lipinski definition) is 1. The van der Waals surface area contributed by atoms with Crippen LogP contribution in [0.3, 0.4) is 0 Å². The molecular formula is C2H5IOS. The van der Waals surface area contributed by atoms with Crippen LogP contribution < -0.4 is 0 Å². The first-order valence-corrected chi connectivity index (χ1v) is 3.25. The molecule has 0 aromatic heterocycles. The van der Waals surface area contributed by atoms with Crippen LogP contribution in [0.15, 0.2) is 0 Å². The van der Waals surface area contributed by atoms with E-state index in [0.29, 0.717) is 3.26 Å². The maximum atomic E-state index is 6.19. The zero-order chi connectivity index (χ0) is 4.99. The molecule has 0 aliphatic heterocycles. The summed E-state index contributed by atoms with van der Waals surface area (Å²) in [6.45, 7) is 1.96. The molecule has 0 aromatic carbocycles. The molecule has 0 radical (unpaired) electrons. The Balaban J connectivity index is 2.63. The van der Waals surface area contributed by atoms with Gasteiger partial charge in [-0.2, -0.15) is 0 Å². The second-order valence-corrected chi connectivity index (χ2v) is 4.25. The van der Waals surface area contributed by atoms with Crippen LogP contribution in [0.1, 0.15) is 6.92 Å². The van der Waals surface area contributed by atoms with Crippen LogP contribution in [0.2, 0.25) is 0 Å². The van der Waals surface area contributed by atoms with Crippen LogP contribution in [0.5, 0.6) is 0 Å². The molecule has 0 saturated carbocycles. The first-order valence-electron chi connectivity index (χ1n) is 1.61. The lowest BCUT2D eigenvalue weighted by molar-refractivity contribution is 0.664. The fourth-order valence-electron chi connectivity index (χ4n) is 0. The highest BCUT2D eigenvalue weighted by molar-refractivity contribution is 14.1. The summed E-state index contributed by atoms with van der Waals surface area (Å²) in [4.78, 5) is 0. The summed E-state index contributed by atoms with van der Waals surface area (Å²) in [5.74, 6) is 0. The van der Waals surface area contributed by atoms with Crippen LogP contribution >= 0.6 is 34.6 Å². The monoisotopic (exact) mass is 206 g/mol. The SMILES string of the molecule is [3H]OSC(C)I. The van der Waals surface area contributed by atoms with Gasteiger partial charge in [0.25, 0.3) is 0 Å². The quantitative estimate of drug-likeness (QED) is 0.423. The molecule has 0 aliphatic carbocycles. The lowest BCUT2D eigenvalue weighted by Crippen LogP contribution is -1.72. The third-order valence-electron chi connectivity index (χ3n) is 0.133. The van der Waals surface area contributed by atoms with Gasteiger partial charge in [0.1, 0.15) is 0 Å². The van der Waals surface area contributed by atoms with Gasteiger partial charge in [0.05, 0.1) is 3.26 Å². The van der Waals surface area contributed by atoms with E-state index in [9.17, 15) is 0 Å². The van der Waals surface area contributed by atoms with Crippen molar-refractivity contribution in [3.8, 4) is 0 Å². The van der Waals surface area contributed by atoms with Crippen molar-refractivity contribution in [3.63, 3.8) is 0 Å². The van der Waals surface area contributed by atoms with Crippen molar-refractivity contribution in [2.45, 2.75) is 10.2 Å². The molecule has 0 aromatic rings. The summed E-state index contributed by atoms with van der Waals surface area (Å²) in [5, 5.41) is 0. The van der Waals surface area contributed by atoms with Crippen LogP contribution in [0.25, 0.3) is 1.43 Å². The Labute approximate surface area is 51.0 Å². The first-order chi connectivity index (χ1) is 2.77. The predicted molar refractivity (Wildman–Crippen MR) is 33.7 cm³/mol. The molecule has 0 rings (SSSR count). The fourth-order valence-corrected chi connectivity index (χ4v) is 0. The molecular weight excluding hydrogens is 199 g/mol. The van der Waals surface area contributed by atoms with E-state index in [-0.39, 0.29) is 0 Å². The van der Waals surface area contributed by atoms with Crippen LogP contribution in [-0.2, 0) is 0 Å². The Hall–Kier alpha value is 1.04. The predicted octanol–water partition coefficient (Wildman–Crippen LogP) is 1.97. The summed E-state index contributed by atoms with van der Waals surface area (Å²) >= 11 is 3.30. The highest BCUT2D eigenvalue weighted by Gasteiger charge is 1.85. The van der Waals surface area contributed by atoms with Gasteiger partial charge in [-0.3, -0.25) is 0 Å². The number of alkyl halides is 1. The summed E-state index contributed by atoms with van der Waals surface area (Å²) in [6.07, 6.45) is 0. The normalized spacial score (nSPS) is 17.6. The molecule has 0 fully saturated rings. The number of rotatable bonds is 2. The smallest absolute Gasteiger partial charge is 0.229 e. The first kappa shape index (κ1) is 4.21. The van der Waals surface area contributed by atoms with Crippen molar-refractivity contribution in [2.24, 2.45) is 0 Å². The zero-order valence-corrected chi connectivity index (χ0v) is 5.75. The van der Waals surface area contributed by atoms with Crippen LogP contribution in [0, 0.1) is 0 Å². The van der Waals surface area contributed by atoms with E-state index in [1.165, 1.54) is 0 Å². The molecule has 5 heavy (non-hydrogen) atoms. The van der Waals surface area contributed by atoms with Crippen molar-refractivity contribution in [3.05, 3.63) is 0 Å². The maximum Gasteiger partial charge on any atom is 0.229 e. The number of halogens is 1. The molecule has 1 N–H and O–H groups in total. The standard InChI is InChI=1S/C2H5IOS/c1-2(3)5-4/h2,4H,1H3/i/hT. The van der Waals surface area contributed by atoms with Crippen molar-refractivity contribution in [1.82, 2.24) is 0 Å². The van der Waals surface area contributed by atoms with Gasteiger partial charge >= 0.3 is 0 Å². The van der Waals surface area contributed by atoms with Crippen molar-refractivity contribution >= 4 is 34.6 Å². The van der Waals surface area contributed by atoms with Gasteiger partial charge in [-0.1, -0.05) is 22.6 Å². The van der Waals surface area contributed by atoms with Gasteiger partial charge in [0.15, 0.2) is 0 Å². The largest absolute Gasteiger partial charge is 0.329 e. The molecule has 0 saturated heterocycles. The minimum absolute atomic E-state index is 0.375. The van der Waals surface area contributed by atoms with Crippen LogP contribution in [-0.4, -0.2) is 7.81 Å². The summed E-state index contributed by atoms with van der Waals surface area (Å²) in [5.41, 5.74) is 0. The Bertz CT molecular complexity index is 34.7. The Morgan fingerprint density at radius 2 is 3.00 bits per heavy atom. The molecule has 1 unspecified atom stereocenters. The van der Waals surface area contributed by atoms with Gasteiger partial charge in [-0.05, 0) is 6.92 Å². The molecule has 0 aliphatic rings. The van der Waals surface area contributed by atoms with E-state index < -0.39 is 0 Å². The molecule has 0 bridgehead atoms. The third-order valence-corrected chi connectivity index (χ3v) is 1.02. The van der Waals surface area contributed by atoms with Crippen molar-refractivity contribution < 1.29 is 4.56 Å². The molecule has 1 atom stereocenters. The van der Waals surface area contributed by atoms with Gasteiger partial charge in [-0.15, -0.1) is 0 Å². The minimum atomic E-state index is 0.375. The molecule has 1 nitrogen and oxygen atoms in total. The van der Waals surface area contributed by atoms with Gasteiger partial charge < -0.3 is 4.56 Å². The minimum Gasteiger partial charge on any atom is -0.329 e. The van der Waals surface area contributed by atoms with Gasteiger partial charge in [-0.25, -0.2) is 0 Å².